The molecule has 0 atom stereocenters. The Labute approximate surface area is 195 Å². The van der Waals surface area contributed by atoms with E-state index in [1.165, 1.54) is 16.9 Å². The Balaban J connectivity index is 1.29. The van der Waals surface area contributed by atoms with Gasteiger partial charge in [-0.2, -0.15) is 0 Å². The van der Waals surface area contributed by atoms with Crippen molar-refractivity contribution in [3.8, 4) is 16.3 Å². The van der Waals surface area contributed by atoms with Crippen LogP contribution in [0.4, 0.5) is 5.69 Å². The molecule has 32 heavy (non-hydrogen) atoms. The number of thioether (sulfide) groups is 1. The fourth-order valence-electron chi connectivity index (χ4n) is 3.04. The highest BCUT2D eigenvalue weighted by molar-refractivity contribution is 7.98. The number of amides is 1. The van der Waals surface area contributed by atoms with Crippen molar-refractivity contribution in [1.82, 2.24) is 9.97 Å². The largest absolute Gasteiger partial charge is 0.494 e. The van der Waals surface area contributed by atoms with Gasteiger partial charge >= 0.3 is 0 Å². The highest BCUT2D eigenvalue weighted by atomic mass is 32.2. The molecular weight excluding hydrogens is 438 g/mol. The van der Waals surface area contributed by atoms with E-state index < -0.39 is 0 Å². The summed E-state index contributed by atoms with van der Waals surface area (Å²) in [6.07, 6.45) is 3.89. The minimum absolute atomic E-state index is 0.0793. The normalized spacial score (nSPS) is 10.7. The van der Waals surface area contributed by atoms with E-state index in [-0.39, 0.29) is 12.3 Å². The number of benzene rings is 2. The molecular formula is C25H23N3O2S2. The summed E-state index contributed by atoms with van der Waals surface area (Å²) in [6, 6.07) is 19.7. The summed E-state index contributed by atoms with van der Waals surface area (Å²) in [6.45, 7) is 2.60. The first-order chi connectivity index (χ1) is 15.7. The highest BCUT2D eigenvalue weighted by Gasteiger charge is 2.10. The van der Waals surface area contributed by atoms with Crippen LogP contribution >= 0.6 is 23.1 Å². The van der Waals surface area contributed by atoms with Gasteiger partial charge in [0.15, 0.2) is 0 Å². The van der Waals surface area contributed by atoms with E-state index in [2.05, 4.69) is 21.4 Å². The second-order valence-electron chi connectivity index (χ2n) is 7.00. The summed E-state index contributed by atoms with van der Waals surface area (Å²) in [7, 11) is 0. The molecule has 2 aromatic heterocycles. The molecule has 4 rings (SSSR count). The average Bonchev–Trinajstić information content (AvgIpc) is 3.28. The van der Waals surface area contributed by atoms with Crippen LogP contribution in [0.3, 0.4) is 0 Å². The molecule has 2 heterocycles. The first-order valence-electron chi connectivity index (χ1n) is 10.3. The summed E-state index contributed by atoms with van der Waals surface area (Å²) in [5.41, 5.74) is 3.75. The average molecular weight is 462 g/mol. The minimum atomic E-state index is -0.0793. The lowest BCUT2D eigenvalue weighted by Gasteiger charge is -2.06. The lowest BCUT2D eigenvalue weighted by atomic mass is 10.2. The van der Waals surface area contributed by atoms with E-state index in [1.807, 2.05) is 73.1 Å². The molecule has 0 aliphatic heterocycles. The second kappa shape index (κ2) is 10.9. The third-order valence-corrected chi connectivity index (χ3v) is 6.60. The lowest BCUT2D eigenvalue weighted by Crippen LogP contribution is -2.14. The first-order valence-corrected chi connectivity index (χ1v) is 12.2. The Bertz CT molecular complexity index is 1140. The smallest absolute Gasteiger partial charge is 0.230 e. The SMILES string of the molecule is CCOc1ccc(-c2nc(CC(=O)Nc3ccc(SCc4cccnc4)cc3)cs2)cc1. The van der Waals surface area contributed by atoms with Crippen molar-refractivity contribution in [1.29, 1.82) is 0 Å². The van der Waals surface area contributed by atoms with E-state index in [9.17, 15) is 4.79 Å². The zero-order chi connectivity index (χ0) is 22.2. The van der Waals surface area contributed by atoms with Gasteiger partial charge in [-0.3, -0.25) is 9.78 Å². The molecule has 162 valence electrons. The molecule has 0 radical (unpaired) electrons. The Morgan fingerprint density at radius 1 is 1.09 bits per heavy atom. The predicted molar refractivity (Wildman–Crippen MR) is 131 cm³/mol. The number of anilines is 1. The standard InChI is InChI=1S/C25H23N3O2S2/c1-2-30-22-9-5-19(6-10-22)25-28-21(17-32-25)14-24(29)27-20-7-11-23(12-8-20)31-16-18-4-3-13-26-15-18/h3-13,15,17H,2,14,16H2,1H3,(H,27,29). The summed E-state index contributed by atoms with van der Waals surface area (Å²) in [5, 5.41) is 5.78. The summed E-state index contributed by atoms with van der Waals surface area (Å²) >= 11 is 3.28. The number of carbonyl (C=O) groups is 1. The minimum Gasteiger partial charge on any atom is -0.494 e. The van der Waals surface area contributed by atoms with Crippen LogP contribution in [0.1, 0.15) is 18.2 Å². The van der Waals surface area contributed by atoms with E-state index in [1.54, 1.807) is 18.0 Å². The van der Waals surface area contributed by atoms with E-state index >= 15 is 0 Å². The first kappa shape index (κ1) is 22.0. The number of rotatable bonds is 9. The van der Waals surface area contributed by atoms with Gasteiger partial charge in [0.1, 0.15) is 10.8 Å². The maximum absolute atomic E-state index is 12.5. The molecule has 0 fully saturated rings. The van der Waals surface area contributed by atoms with Crippen LogP contribution in [0, 0.1) is 0 Å². The second-order valence-corrected chi connectivity index (χ2v) is 8.91. The van der Waals surface area contributed by atoms with Crippen LogP contribution in [0.5, 0.6) is 5.75 Å². The summed E-state index contributed by atoms with van der Waals surface area (Å²) in [4.78, 5) is 22.4. The van der Waals surface area contributed by atoms with Crippen molar-refractivity contribution in [2.75, 3.05) is 11.9 Å². The van der Waals surface area contributed by atoms with Gasteiger partial charge in [0.25, 0.3) is 0 Å². The van der Waals surface area contributed by atoms with E-state index in [0.29, 0.717) is 6.61 Å². The van der Waals surface area contributed by atoms with Crippen molar-refractivity contribution < 1.29 is 9.53 Å². The molecule has 1 amide bonds. The van der Waals surface area contributed by atoms with Gasteiger partial charge in [0.2, 0.25) is 5.91 Å². The van der Waals surface area contributed by atoms with Crippen LogP contribution in [0.2, 0.25) is 0 Å². The Hall–Kier alpha value is -3.16. The van der Waals surface area contributed by atoms with Gasteiger partial charge in [-0.25, -0.2) is 4.98 Å². The number of ether oxygens (including phenoxy) is 1. The van der Waals surface area contributed by atoms with Crippen molar-refractivity contribution in [2.24, 2.45) is 0 Å². The molecule has 0 aliphatic carbocycles. The van der Waals surface area contributed by atoms with Gasteiger partial charge in [-0.15, -0.1) is 23.1 Å². The number of nitrogens with zero attached hydrogens (tertiary/aromatic N) is 2. The highest BCUT2D eigenvalue weighted by Crippen LogP contribution is 2.27. The van der Waals surface area contributed by atoms with Crippen molar-refractivity contribution in [3.63, 3.8) is 0 Å². The van der Waals surface area contributed by atoms with Crippen molar-refractivity contribution in [3.05, 3.63) is 89.7 Å². The topological polar surface area (TPSA) is 64.1 Å². The Morgan fingerprint density at radius 3 is 2.62 bits per heavy atom. The lowest BCUT2D eigenvalue weighted by molar-refractivity contribution is -0.115. The van der Waals surface area contributed by atoms with Gasteiger partial charge in [0.05, 0.1) is 18.7 Å². The quantitative estimate of drug-likeness (QED) is 0.306. The molecule has 0 spiro atoms. The van der Waals surface area contributed by atoms with E-state index in [0.717, 1.165) is 38.4 Å². The number of carbonyl (C=O) groups excluding carboxylic acids is 1. The molecule has 0 unspecified atom stereocenters. The van der Waals surface area contributed by atoms with E-state index in [4.69, 9.17) is 4.74 Å². The molecule has 0 saturated carbocycles. The maximum atomic E-state index is 12.5. The van der Waals surface area contributed by atoms with Gasteiger partial charge < -0.3 is 10.1 Å². The number of aromatic nitrogens is 2. The molecule has 2 aromatic carbocycles. The molecule has 4 aromatic rings. The monoisotopic (exact) mass is 461 g/mol. The third kappa shape index (κ3) is 6.18. The molecule has 0 saturated heterocycles. The number of hydrogen-bond donors (Lipinski definition) is 1. The third-order valence-electron chi connectivity index (χ3n) is 4.57. The maximum Gasteiger partial charge on any atom is 0.230 e. The van der Waals surface area contributed by atoms with Gasteiger partial charge in [-0.05, 0) is 67.1 Å². The van der Waals surface area contributed by atoms with Gasteiger partial charge in [0, 0.05) is 39.7 Å². The van der Waals surface area contributed by atoms with Gasteiger partial charge in [-0.1, -0.05) is 6.07 Å². The Morgan fingerprint density at radius 2 is 1.91 bits per heavy atom. The summed E-state index contributed by atoms with van der Waals surface area (Å²) in [5.74, 6) is 1.62. The number of nitrogens with one attached hydrogen (secondary N) is 1. The van der Waals surface area contributed by atoms with Crippen LogP contribution in [-0.4, -0.2) is 22.5 Å². The number of thiazole rings is 1. The molecule has 1 N–H and O–H groups in total. The summed E-state index contributed by atoms with van der Waals surface area (Å²) < 4.78 is 5.48. The van der Waals surface area contributed by atoms with Crippen molar-refractivity contribution in [2.45, 2.75) is 24.0 Å². The Kier molecular flexibility index (Phi) is 7.53. The fourth-order valence-corrected chi connectivity index (χ4v) is 4.69. The molecule has 0 aliphatic rings. The fraction of sp³-hybridized carbons (Fsp3) is 0.160. The number of pyridine rings is 1. The van der Waals surface area contributed by atoms with Crippen molar-refractivity contribution >= 4 is 34.7 Å². The van der Waals surface area contributed by atoms with Crippen LogP contribution in [-0.2, 0) is 17.0 Å². The molecule has 7 heteroatoms. The number of hydrogen-bond acceptors (Lipinski definition) is 6. The zero-order valence-electron chi connectivity index (χ0n) is 17.7. The van der Waals surface area contributed by atoms with Crippen LogP contribution < -0.4 is 10.1 Å². The molecule has 0 bridgehead atoms. The molecule has 5 nitrogen and oxygen atoms in total. The zero-order valence-corrected chi connectivity index (χ0v) is 19.3. The van der Waals surface area contributed by atoms with Crippen LogP contribution in [0.25, 0.3) is 10.6 Å². The predicted octanol–water partition coefficient (Wildman–Crippen LogP) is 6.08. The van der Waals surface area contributed by atoms with Crippen LogP contribution in [0.15, 0.2) is 83.3 Å².